The smallest absolute Gasteiger partial charge is 0.344 e. The number of pyridine rings is 1. The van der Waals surface area contributed by atoms with Crippen molar-refractivity contribution < 1.29 is 5.21 Å². The molecule has 4 N–H and O–H groups in total. The second-order valence-electron chi connectivity index (χ2n) is 4.36. The molecular weight excluding hydrogens is 280 g/mol. The van der Waals surface area contributed by atoms with Crippen LogP contribution in [0.1, 0.15) is 24.4 Å². The summed E-state index contributed by atoms with van der Waals surface area (Å²) in [5, 5.41) is 19.3. The molecular formula is C11H12N6O2S. The zero-order valence-corrected chi connectivity index (χ0v) is 11.2. The summed E-state index contributed by atoms with van der Waals surface area (Å²) in [5.41, 5.74) is 5.89. The van der Waals surface area contributed by atoms with Crippen LogP contribution in [0.25, 0.3) is 0 Å². The summed E-state index contributed by atoms with van der Waals surface area (Å²) in [7, 11) is 0. The summed E-state index contributed by atoms with van der Waals surface area (Å²) in [6.07, 6.45) is 3.55. The van der Waals surface area contributed by atoms with E-state index in [0.717, 1.165) is 12.8 Å². The first-order chi connectivity index (χ1) is 9.70. The number of nitrogens with one attached hydrogen (secondary N) is 1. The van der Waals surface area contributed by atoms with Gasteiger partial charge in [-0.1, -0.05) is 5.16 Å². The molecule has 0 amide bonds. The fourth-order valence-electron chi connectivity index (χ4n) is 1.82. The van der Waals surface area contributed by atoms with E-state index in [2.05, 4.69) is 20.3 Å². The lowest BCUT2D eigenvalue weighted by Crippen LogP contribution is -2.17. The Hall–Kier alpha value is -2.29. The van der Waals surface area contributed by atoms with E-state index in [1.54, 1.807) is 22.9 Å². The Morgan fingerprint density at radius 2 is 2.40 bits per heavy atom. The van der Waals surface area contributed by atoms with E-state index in [1.807, 2.05) is 0 Å². The third-order valence-electron chi connectivity index (χ3n) is 2.93. The first kappa shape index (κ1) is 12.7. The van der Waals surface area contributed by atoms with Crippen molar-refractivity contribution in [2.24, 2.45) is 10.9 Å². The number of oxime groups is 1. The van der Waals surface area contributed by atoms with Crippen LogP contribution in [-0.4, -0.2) is 30.8 Å². The van der Waals surface area contributed by atoms with Crippen LogP contribution in [0.5, 0.6) is 0 Å². The van der Waals surface area contributed by atoms with Crippen molar-refractivity contribution in [3.63, 3.8) is 0 Å². The highest BCUT2D eigenvalue weighted by atomic mass is 32.2. The third-order valence-corrected chi connectivity index (χ3v) is 3.92. The lowest BCUT2D eigenvalue weighted by atomic mass is 10.3. The molecule has 104 valence electrons. The maximum Gasteiger partial charge on any atom is 0.344 e. The van der Waals surface area contributed by atoms with Gasteiger partial charge in [0.15, 0.2) is 11.0 Å². The maximum atomic E-state index is 11.7. The highest BCUT2D eigenvalue weighted by Gasteiger charge is 2.29. The molecule has 3 rings (SSSR count). The predicted molar refractivity (Wildman–Crippen MR) is 72.0 cm³/mol. The van der Waals surface area contributed by atoms with E-state index < -0.39 is 0 Å². The highest BCUT2D eigenvalue weighted by molar-refractivity contribution is 7.99. The van der Waals surface area contributed by atoms with Gasteiger partial charge in [-0.2, -0.15) is 0 Å². The Labute approximate surface area is 117 Å². The number of nitrogens with zero attached hydrogens (tertiary/aromatic N) is 4. The van der Waals surface area contributed by atoms with E-state index >= 15 is 0 Å². The molecule has 2 aromatic rings. The molecule has 0 spiro atoms. The Morgan fingerprint density at radius 1 is 1.60 bits per heavy atom. The van der Waals surface area contributed by atoms with Gasteiger partial charge < -0.3 is 10.9 Å². The molecule has 9 heteroatoms. The van der Waals surface area contributed by atoms with Crippen molar-refractivity contribution in [1.82, 2.24) is 19.7 Å². The van der Waals surface area contributed by atoms with Crippen LogP contribution < -0.4 is 11.4 Å². The molecule has 1 aliphatic rings. The molecule has 1 aliphatic carbocycles. The van der Waals surface area contributed by atoms with E-state index in [1.165, 1.54) is 11.8 Å². The van der Waals surface area contributed by atoms with Crippen molar-refractivity contribution >= 4 is 17.6 Å². The van der Waals surface area contributed by atoms with Crippen LogP contribution in [0, 0.1) is 0 Å². The minimum atomic E-state index is -0.226. The number of hydrogen-bond donors (Lipinski definition) is 3. The van der Waals surface area contributed by atoms with Gasteiger partial charge in [-0.05, 0) is 36.7 Å². The average molecular weight is 292 g/mol. The first-order valence-corrected chi connectivity index (χ1v) is 6.80. The molecule has 0 bridgehead atoms. The summed E-state index contributed by atoms with van der Waals surface area (Å²) in [4.78, 5) is 15.9. The molecule has 20 heavy (non-hydrogen) atoms. The van der Waals surface area contributed by atoms with E-state index in [-0.39, 0.29) is 17.6 Å². The topological polar surface area (TPSA) is 122 Å². The monoisotopic (exact) mass is 292 g/mol. The molecule has 2 heterocycles. The second-order valence-corrected chi connectivity index (χ2v) is 5.31. The first-order valence-electron chi connectivity index (χ1n) is 5.98. The highest BCUT2D eigenvalue weighted by Crippen LogP contribution is 2.37. The van der Waals surface area contributed by atoms with Gasteiger partial charge in [0.25, 0.3) is 0 Å². The van der Waals surface area contributed by atoms with Crippen molar-refractivity contribution in [3.05, 3.63) is 34.4 Å². The minimum Gasteiger partial charge on any atom is -0.409 e. The lowest BCUT2D eigenvalue weighted by molar-refractivity contribution is 0.318. The van der Waals surface area contributed by atoms with Crippen LogP contribution in [0.2, 0.25) is 0 Å². The number of H-pyrrole nitrogens is 1. The minimum absolute atomic E-state index is 0.0311. The lowest BCUT2D eigenvalue weighted by Gasteiger charge is -2.06. The number of aromatic nitrogens is 4. The molecule has 0 unspecified atom stereocenters. The van der Waals surface area contributed by atoms with E-state index in [0.29, 0.717) is 15.7 Å². The van der Waals surface area contributed by atoms with Crippen molar-refractivity contribution in [3.8, 4) is 0 Å². The number of rotatable bonds is 4. The molecule has 0 saturated heterocycles. The molecule has 1 saturated carbocycles. The number of hydrogen-bond acceptors (Lipinski definition) is 6. The summed E-state index contributed by atoms with van der Waals surface area (Å²) in [6, 6.07) is 3.59. The van der Waals surface area contributed by atoms with Gasteiger partial charge >= 0.3 is 5.69 Å². The van der Waals surface area contributed by atoms with Gasteiger partial charge in [-0.3, -0.25) is 4.57 Å². The molecule has 0 aliphatic heterocycles. The quantitative estimate of drug-likeness (QED) is 0.327. The maximum absolute atomic E-state index is 11.7. The van der Waals surface area contributed by atoms with Crippen molar-refractivity contribution in [2.45, 2.75) is 29.1 Å². The van der Waals surface area contributed by atoms with E-state index in [4.69, 9.17) is 10.9 Å². The molecule has 1 fully saturated rings. The summed E-state index contributed by atoms with van der Waals surface area (Å²) < 4.78 is 1.62. The standard InChI is InChI=1S/C11H12N6O2S/c12-8(16-19)7-2-1-5-13-9(7)20-11-15-14-10(18)17(11)6-3-4-6/h1-2,5-6,19H,3-4H2,(H2,12,16)(H,14,18). The fourth-order valence-corrected chi connectivity index (χ4v) is 2.82. The third kappa shape index (κ3) is 2.27. The molecule has 0 radical (unpaired) electrons. The average Bonchev–Trinajstić information content (AvgIpc) is 3.23. The van der Waals surface area contributed by atoms with Gasteiger partial charge in [-0.15, -0.1) is 5.10 Å². The number of nitrogens with two attached hydrogens (primary N) is 1. The van der Waals surface area contributed by atoms with Crippen molar-refractivity contribution in [2.75, 3.05) is 0 Å². The summed E-state index contributed by atoms with van der Waals surface area (Å²) >= 11 is 1.21. The van der Waals surface area contributed by atoms with Crippen LogP contribution in [0.3, 0.4) is 0 Å². The molecule has 0 atom stereocenters. The Balaban J connectivity index is 1.98. The number of amidine groups is 1. The van der Waals surface area contributed by atoms with E-state index in [9.17, 15) is 4.79 Å². The van der Waals surface area contributed by atoms with Crippen LogP contribution in [0.4, 0.5) is 0 Å². The van der Waals surface area contributed by atoms with Gasteiger partial charge in [0.1, 0.15) is 5.03 Å². The summed E-state index contributed by atoms with van der Waals surface area (Å²) in [6.45, 7) is 0. The Morgan fingerprint density at radius 3 is 3.10 bits per heavy atom. The van der Waals surface area contributed by atoms with Gasteiger partial charge in [-0.25, -0.2) is 14.9 Å². The number of aromatic amines is 1. The van der Waals surface area contributed by atoms with Gasteiger partial charge in [0.05, 0.1) is 5.56 Å². The molecule has 2 aromatic heterocycles. The second kappa shape index (κ2) is 5.00. The van der Waals surface area contributed by atoms with Gasteiger partial charge in [0.2, 0.25) is 0 Å². The fraction of sp³-hybridized carbons (Fsp3) is 0.273. The Kier molecular flexibility index (Phi) is 3.18. The zero-order valence-electron chi connectivity index (χ0n) is 10.4. The normalized spacial score (nSPS) is 15.5. The SMILES string of the molecule is NC(=NO)c1cccnc1Sc1n[nH]c(=O)n1C1CC1. The van der Waals surface area contributed by atoms with Crippen LogP contribution >= 0.6 is 11.8 Å². The van der Waals surface area contributed by atoms with Crippen molar-refractivity contribution in [1.29, 1.82) is 0 Å². The van der Waals surface area contributed by atoms with Crippen LogP contribution in [-0.2, 0) is 0 Å². The zero-order chi connectivity index (χ0) is 14.1. The Bertz CT molecular complexity index is 718. The van der Waals surface area contributed by atoms with Gasteiger partial charge in [0, 0.05) is 12.2 Å². The van der Waals surface area contributed by atoms with Crippen LogP contribution in [0.15, 0.2) is 38.5 Å². The largest absolute Gasteiger partial charge is 0.409 e. The molecule has 8 nitrogen and oxygen atoms in total. The summed E-state index contributed by atoms with van der Waals surface area (Å²) in [5.74, 6) is -0.0311. The predicted octanol–water partition coefficient (Wildman–Crippen LogP) is 0.547. The molecule has 0 aromatic carbocycles.